The number of rotatable bonds is 6. The molecule has 10 rings (SSSR count). The van der Waals surface area contributed by atoms with E-state index in [2.05, 4.69) is 142 Å². The molecule has 0 N–H and O–H groups in total. The predicted molar refractivity (Wildman–Crippen MR) is 220 cm³/mol. The van der Waals surface area contributed by atoms with Crippen molar-refractivity contribution in [1.82, 2.24) is 9.13 Å². The van der Waals surface area contributed by atoms with Gasteiger partial charge >= 0.3 is 0 Å². The molecule has 7 aromatic carbocycles. The van der Waals surface area contributed by atoms with E-state index < -0.39 is 0 Å². The Kier molecular flexibility index (Phi) is 7.06. The molecule has 0 aliphatic rings. The quantitative estimate of drug-likeness (QED) is 0.0995. The highest BCUT2D eigenvalue weighted by molar-refractivity contribution is 6.24. The Morgan fingerprint density at radius 3 is 2.13 bits per heavy atom. The Labute approximate surface area is 306 Å². The number of furan rings is 1. The molecular weight excluding hydrogens is 649 g/mol. The fourth-order valence-corrected chi connectivity index (χ4v) is 8.05. The van der Waals surface area contributed by atoms with E-state index in [0.717, 1.165) is 93.8 Å². The molecule has 53 heavy (non-hydrogen) atoms. The first-order valence-corrected chi connectivity index (χ1v) is 17.8. The van der Waals surface area contributed by atoms with Crippen molar-refractivity contribution in [2.75, 3.05) is 0 Å². The zero-order valence-corrected chi connectivity index (χ0v) is 29.0. The Balaban J connectivity index is 1.18. The first-order chi connectivity index (χ1) is 26.2. The minimum atomic E-state index is 0.614. The number of hydrogen-bond acceptors (Lipinski definition) is 2. The van der Waals surface area contributed by atoms with E-state index in [9.17, 15) is 0 Å². The van der Waals surface area contributed by atoms with Gasteiger partial charge in [0.05, 0.1) is 38.5 Å². The third kappa shape index (κ3) is 4.72. The van der Waals surface area contributed by atoms with Gasteiger partial charge < -0.3 is 18.3 Å². The highest BCUT2D eigenvalue weighted by atomic mass is 16.5. The van der Waals surface area contributed by atoms with Crippen LogP contribution in [0, 0.1) is 12.3 Å². The van der Waals surface area contributed by atoms with E-state index in [1.165, 1.54) is 0 Å². The Hall–Kier alpha value is -7.22. The van der Waals surface area contributed by atoms with Gasteiger partial charge in [0.15, 0.2) is 0 Å². The third-order valence-electron chi connectivity index (χ3n) is 10.2. The van der Waals surface area contributed by atoms with Crippen LogP contribution in [0.3, 0.4) is 0 Å². The van der Waals surface area contributed by atoms with Gasteiger partial charge in [-0.25, -0.2) is 0 Å². The van der Waals surface area contributed by atoms with Crippen LogP contribution in [0.2, 0.25) is 0 Å². The summed E-state index contributed by atoms with van der Waals surface area (Å²) in [6.45, 7) is 1.95. The van der Waals surface area contributed by atoms with E-state index in [0.29, 0.717) is 5.76 Å². The van der Waals surface area contributed by atoms with Crippen LogP contribution in [-0.4, -0.2) is 9.13 Å². The van der Waals surface area contributed by atoms with Crippen molar-refractivity contribution in [2.24, 2.45) is 0 Å². The number of ether oxygens (including phenoxy) is 1. The maximum absolute atomic E-state index is 6.56. The average molecular weight is 681 g/mol. The fourth-order valence-electron chi connectivity index (χ4n) is 8.05. The molecule has 0 fully saturated rings. The first-order valence-electron chi connectivity index (χ1n) is 17.8. The zero-order chi connectivity index (χ0) is 35.5. The van der Waals surface area contributed by atoms with Crippen molar-refractivity contribution in [3.8, 4) is 40.6 Å². The lowest BCUT2D eigenvalue weighted by molar-refractivity contribution is 0.450. The molecule has 0 unspecified atom stereocenters. The van der Waals surface area contributed by atoms with Crippen LogP contribution in [0.25, 0.3) is 88.1 Å². The molecule has 0 radical (unpaired) electrons. The minimum Gasteiger partial charge on any atom is -0.456 e. The second-order valence-electron chi connectivity index (χ2n) is 13.2. The van der Waals surface area contributed by atoms with E-state index in [4.69, 9.17) is 15.6 Å². The number of benzene rings is 7. The second-order valence-corrected chi connectivity index (χ2v) is 13.2. The van der Waals surface area contributed by atoms with Gasteiger partial charge in [0.2, 0.25) is 0 Å². The molecule has 0 saturated heterocycles. The van der Waals surface area contributed by atoms with Crippen LogP contribution in [0.4, 0.5) is 0 Å². The summed E-state index contributed by atoms with van der Waals surface area (Å²) in [6.07, 6.45) is 11.1. The molecule has 250 valence electrons. The summed E-state index contributed by atoms with van der Waals surface area (Å²) >= 11 is 0. The number of hydrogen-bond donors (Lipinski definition) is 0. The Morgan fingerprint density at radius 2 is 1.30 bits per heavy atom. The fraction of sp³-hybridized carbons (Fsp3) is 0.0204. The van der Waals surface area contributed by atoms with Crippen LogP contribution >= 0.6 is 0 Å². The van der Waals surface area contributed by atoms with Crippen LogP contribution in [-0.2, 0) is 0 Å². The van der Waals surface area contributed by atoms with Gasteiger partial charge in [-0.2, -0.15) is 0 Å². The second kappa shape index (κ2) is 12.2. The standard InChI is InChI=1S/C49H32N2O2/c1-3-15-34(16-4-2)52-46-28-14-26-43-47(46)38-21-6-11-25-42(38)51(43)40-23-9-5-19-35(40)32-17-13-18-33(31-32)50-41-24-10-7-22-39(41)48-44(50)30-29-37-36-20-8-12-27-45(36)53-49(37)48/h1,4-31H,2H3/b16-4-,34-15+. The van der Waals surface area contributed by atoms with Gasteiger partial charge in [-0.05, 0) is 79.2 Å². The smallest absolute Gasteiger partial charge is 0.145 e. The van der Waals surface area contributed by atoms with Gasteiger partial charge in [0.1, 0.15) is 22.7 Å². The normalized spacial score (nSPS) is 12.3. The van der Waals surface area contributed by atoms with E-state index in [-0.39, 0.29) is 0 Å². The highest BCUT2D eigenvalue weighted by Gasteiger charge is 2.21. The third-order valence-corrected chi connectivity index (χ3v) is 10.2. The lowest BCUT2D eigenvalue weighted by Crippen LogP contribution is -1.99. The zero-order valence-electron chi connectivity index (χ0n) is 29.0. The molecule has 10 aromatic rings. The van der Waals surface area contributed by atoms with Crippen molar-refractivity contribution >= 4 is 65.6 Å². The summed E-state index contributed by atoms with van der Waals surface area (Å²) in [4.78, 5) is 0. The minimum absolute atomic E-state index is 0.614. The molecule has 4 nitrogen and oxygen atoms in total. The Morgan fingerprint density at radius 1 is 0.623 bits per heavy atom. The maximum atomic E-state index is 6.56. The largest absolute Gasteiger partial charge is 0.456 e. The monoisotopic (exact) mass is 680 g/mol. The lowest BCUT2D eigenvalue weighted by atomic mass is 10.0. The van der Waals surface area contributed by atoms with Crippen molar-refractivity contribution in [1.29, 1.82) is 0 Å². The van der Waals surface area contributed by atoms with Gasteiger partial charge in [0.25, 0.3) is 0 Å². The van der Waals surface area contributed by atoms with E-state index in [1.807, 2.05) is 43.3 Å². The summed E-state index contributed by atoms with van der Waals surface area (Å²) in [5.41, 5.74) is 10.6. The number of para-hydroxylation sites is 4. The van der Waals surface area contributed by atoms with Crippen LogP contribution in [0.1, 0.15) is 6.92 Å². The molecule has 0 aliphatic carbocycles. The molecule has 0 amide bonds. The topological polar surface area (TPSA) is 32.2 Å². The van der Waals surface area contributed by atoms with Gasteiger partial charge in [-0.15, -0.1) is 6.42 Å². The van der Waals surface area contributed by atoms with Gasteiger partial charge in [-0.1, -0.05) is 103 Å². The van der Waals surface area contributed by atoms with Crippen LogP contribution in [0.15, 0.2) is 180 Å². The highest BCUT2D eigenvalue weighted by Crippen LogP contribution is 2.43. The summed E-state index contributed by atoms with van der Waals surface area (Å²) in [7, 11) is 0. The SMILES string of the molecule is C#C/C=C(\C=C/C)Oc1cccc2c1c1ccccc1n2-c1ccccc1-c1cccc(-n2c3ccccc3c3c4oc5ccccc5c4ccc32)c1. The molecule has 0 spiro atoms. The lowest BCUT2D eigenvalue weighted by Gasteiger charge is -2.16. The number of allylic oxidation sites excluding steroid dienone is 3. The van der Waals surface area contributed by atoms with Crippen molar-refractivity contribution in [3.05, 3.63) is 176 Å². The predicted octanol–water partition coefficient (Wildman–Crippen LogP) is 12.9. The molecule has 3 aromatic heterocycles. The summed E-state index contributed by atoms with van der Waals surface area (Å²) in [5, 5.41) is 6.68. The summed E-state index contributed by atoms with van der Waals surface area (Å²) in [5.74, 6) is 3.98. The average Bonchev–Trinajstić information content (AvgIpc) is 3.86. The van der Waals surface area contributed by atoms with Crippen LogP contribution < -0.4 is 4.74 Å². The summed E-state index contributed by atoms with van der Waals surface area (Å²) < 4.78 is 17.7. The molecule has 0 bridgehead atoms. The number of aromatic nitrogens is 2. The van der Waals surface area contributed by atoms with E-state index >= 15 is 0 Å². The molecule has 0 atom stereocenters. The van der Waals surface area contributed by atoms with Crippen molar-refractivity contribution < 1.29 is 9.15 Å². The summed E-state index contributed by atoms with van der Waals surface area (Å²) in [6, 6.07) is 53.5. The molecule has 0 saturated carbocycles. The van der Waals surface area contributed by atoms with Crippen LogP contribution in [0.5, 0.6) is 5.75 Å². The Bertz CT molecular complexity index is 3180. The number of terminal acetylenes is 1. The van der Waals surface area contributed by atoms with Gasteiger partial charge in [-0.3, -0.25) is 0 Å². The first kappa shape index (κ1) is 30.6. The molecule has 0 aliphatic heterocycles. The molecular formula is C49H32N2O2. The van der Waals surface area contributed by atoms with E-state index in [1.54, 1.807) is 6.08 Å². The number of nitrogens with zero attached hydrogens (tertiary/aromatic N) is 2. The number of fused-ring (bicyclic) bond motifs is 10. The van der Waals surface area contributed by atoms with Crippen molar-refractivity contribution in [3.63, 3.8) is 0 Å². The maximum Gasteiger partial charge on any atom is 0.145 e. The van der Waals surface area contributed by atoms with Crippen molar-refractivity contribution in [2.45, 2.75) is 6.92 Å². The molecule has 4 heteroatoms. The van der Waals surface area contributed by atoms with Gasteiger partial charge in [0, 0.05) is 38.9 Å². The molecule has 3 heterocycles.